The predicted octanol–water partition coefficient (Wildman–Crippen LogP) is 2.85. The minimum Gasteiger partial charge on any atom is -0.383 e. The number of hydrogen-bond donors (Lipinski definition) is 1. The molecule has 0 amide bonds. The van der Waals surface area contributed by atoms with Crippen molar-refractivity contribution in [2.75, 3.05) is 19.0 Å². The first-order valence-corrected chi connectivity index (χ1v) is 7.70. The Morgan fingerprint density at radius 1 is 1.18 bits per heavy atom. The summed E-state index contributed by atoms with van der Waals surface area (Å²) in [6, 6.07) is 8.16. The van der Waals surface area contributed by atoms with Crippen LogP contribution in [0, 0.1) is 0 Å². The van der Waals surface area contributed by atoms with Gasteiger partial charge in [0, 0.05) is 24.7 Å². The van der Waals surface area contributed by atoms with Crippen LogP contribution in [0.25, 0.3) is 11.2 Å². The van der Waals surface area contributed by atoms with E-state index < -0.39 is 0 Å². The fraction of sp³-hybridized carbons (Fsp3) is 0.267. The number of fused-ring (bicyclic) bond motifs is 1. The first-order valence-electron chi connectivity index (χ1n) is 6.91. The van der Waals surface area contributed by atoms with Gasteiger partial charge in [0.15, 0.2) is 11.5 Å². The molecule has 0 bridgehead atoms. The van der Waals surface area contributed by atoms with E-state index in [0.717, 1.165) is 28.0 Å². The number of hydrogen-bond acceptors (Lipinski definition) is 5. The first-order chi connectivity index (χ1) is 10.8. The van der Waals surface area contributed by atoms with E-state index in [1.54, 1.807) is 19.8 Å². The number of anilines is 1. The lowest BCUT2D eigenvalue weighted by Gasteiger charge is -2.07. The summed E-state index contributed by atoms with van der Waals surface area (Å²) in [6.07, 6.45) is 3.32. The van der Waals surface area contributed by atoms with E-state index in [1.165, 1.54) is 5.56 Å². The molecule has 0 unspecified atom stereocenters. The summed E-state index contributed by atoms with van der Waals surface area (Å²) >= 11 is 3.43. The highest BCUT2D eigenvalue weighted by Gasteiger charge is 2.09. The Labute approximate surface area is 136 Å². The Bertz CT molecular complexity index is 756. The van der Waals surface area contributed by atoms with Gasteiger partial charge in [0.25, 0.3) is 0 Å². The Kier molecular flexibility index (Phi) is 4.65. The van der Waals surface area contributed by atoms with E-state index in [-0.39, 0.29) is 0 Å². The van der Waals surface area contributed by atoms with Crippen LogP contribution >= 0.6 is 15.9 Å². The van der Waals surface area contributed by atoms with Crippen molar-refractivity contribution in [2.24, 2.45) is 0 Å². The molecule has 0 fully saturated rings. The summed E-state index contributed by atoms with van der Waals surface area (Å²) in [7, 11) is 1.68. The number of aromatic nitrogens is 4. The second kappa shape index (κ2) is 6.85. The summed E-state index contributed by atoms with van der Waals surface area (Å²) in [5.41, 5.74) is 2.76. The molecule has 0 spiro atoms. The Morgan fingerprint density at radius 2 is 2.00 bits per heavy atom. The third-order valence-electron chi connectivity index (χ3n) is 3.31. The molecule has 3 aromatic rings. The molecule has 7 heteroatoms. The van der Waals surface area contributed by atoms with Gasteiger partial charge in [-0.15, -0.1) is 0 Å². The molecular formula is C15H16BrN5O. The van der Waals surface area contributed by atoms with Crippen molar-refractivity contribution in [3.05, 3.63) is 47.0 Å². The van der Waals surface area contributed by atoms with Crippen molar-refractivity contribution in [2.45, 2.75) is 13.1 Å². The average Bonchev–Trinajstić information content (AvgIpc) is 2.96. The second-order valence-corrected chi connectivity index (χ2v) is 5.72. The molecule has 22 heavy (non-hydrogen) atoms. The van der Waals surface area contributed by atoms with E-state index in [1.807, 2.05) is 16.7 Å². The van der Waals surface area contributed by atoms with Gasteiger partial charge in [0.1, 0.15) is 11.8 Å². The maximum atomic E-state index is 5.10. The molecular weight excluding hydrogens is 346 g/mol. The summed E-state index contributed by atoms with van der Waals surface area (Å²) in [5, 5.41) is 3.32. The van der Waals surface area contributed by atoms with Crippen molar-refractivity contribution >= 4 is 32.9 Å². The third-order valence-corrected chi connectivity index (χ3v) is 3.84. The lowest BCUT2D eigenvalue weighted by Crippen LogP contribution is -2.05. The number of rotatable bonds is 6. The van der Waals surface area contributed by atoms with Gasteiger partial charge in [-0.1, -0.05) is 28.1 Å². The van der Waals surface area contributed by atoms with Gasteiger partial charge in [-0.3, -0.25) is 0 Å². The number of methoxy groups -OCH3 is 1. The number of nitrogens with one attached hydrogen (secondary N) is 1. The molecule has 0 radical (unpaired) electrons. The van der Waals surface area contributed by atoms with Crippen LogP contribution in [0.3, 0.4) is 0 Å². The number of halogens is 1. The SMILES string of the molecule is COCCn1cnc2c(NCc3ccc(Br)cc3)ncnc21. The maximum absolute atomic E-state index is 5.10. The number of ether oxygens (including phenoxy) is 1. The van der Waals surface area contributed by atoms with Crippen molar-refractivity contribution in [3.8, 4) is 0 Å². The van der Waals surface area contributed by atoms with Crippen molar-refractivity contribution in [1.29, 1.82) is 0 Å². The van der Waals surface area contributed by atoms with Crippen LogP contribution in [0.5, 0.6) is 0 Å². The van der Waals surface area contributed by atoms with Crippen LogP contribution < -0.4 is 5.32 Å². The zero-order valence-corrected chi connectivity index (χ0v) is 13.7. The van der Waals surface area contributed by atoms with Crippen LogP contribution in [0.2, 0.25) is 0 Å². The van der Waals surface area contributed by atoms with E-state index in [9.17, 15) is 0 Å². The van der Waals surface area contributed by atoms with E-state index in [4.69, 9.17) is 4.74 Å². The molecule has 0 aliphatic rings. The van der Waals surface area contributed by atoms with Crippen LogP contribution in [-0.4, -0.2) is 33.2 Å². The quantitative estimate of drug-likeness (QED) is 0.731. The fourth-order valence-electron chi connectivity index (χ4n) is 2.15. The minimum absolute atomic E-state index is 0.622. The highest BCUT2D eigenvalue weighted by Crippen LogP contribution is 2.18. The molecule has 6 nitrogen and oxygen atoms in total. The van der Waals surface area contributed by atoms with Crippen molar-refractivity contribution < 1.29 is 4.74 Å². The highest BCUT2D eigenvalue weighted by molar-refractivity contribution is 9.10. The largest absolute Gasteiger partial charge is 0.383 e. The van der Waals surface area contributed by atoms with Crippen LogP contribution in [0.15, 0.2) is 41.4 Å². The van der Waals surface area contributed by atoms with E-state index in [0.29, 0.717) is 13.2 Å². The van der Waals surface area contributed by atoms with E-state index in [2.05, 4.69) is 48.3 Å². The molecule has 1 N–H and O–H groups in total. The smallest absolute Gasteiger partial charge is 0.165 e. The van der Waals surface area contributed by atoms with Gasteiger partial charge in [-0.2, -0.15) is 0 Å². The summed E-state index contributed by atoms with van der Waals surface area (Å²) < 4.78 is 8.13. The molecule has 0 saturated carbocycles. The molecule has 114 valence electrons. The van der Waals surface area contributed by atoms with Gasteiger partial charge in [0.2, 0.25) is 0 Å². The molecule has 0 saturated heterocycles. The Morgan fingerprint density at radius 3 is 2.77 bits per heavy atom. The van der Waals surface area contributed by atoms with Crippen LogP contribution in [-0.2, 0) is 17.8 Å². The topological polar surface area (TPSA) is 64.9 Å². The summed E-state index contributed by atoms with van der Waals surface area (Å²) in [4.78, 5) is 13.0. The minimum atomic E-state index is 0.622. The molecule has 0 aliphatic heterocycles. The van der Waals surface area contributed by atoms with Gasteiger partial charge in [-0.25, -0.2) is 15.0 Å². The third kappa shape index (κ3) is 3.26. The molecule has 0 atom stereocenters. The monoisotopic (exact) mass is 361 g/mol. The number of nitrogens with zero attached hydrogens (tertiary/aromatic N) is 4. The number of benzene rings is 1. The molecule has 2 heterocycles. The molecule has 0 aliphatic carbocycles. The molecule has 3 rings (SSSR count). The first kappa shape index (κ1) is 14.9. The summed E-state index contributed by atoms with van der Waals surface area (Å²) in [5.74, 6) is 0.740. The zero-order chi connectivity index (χ0) is 15.4. The van der Waals surface area contributed by atoms with Crippen molar-refractivity contribution in [1.82, 2.24) is 19.5 Å². The van der Waals surface area contributed by atoms with Crippen LogP contribution in [0.1, 0.15) is 5.56 Å². The maximum Gasteiger partial charge on any atom is 0.165 e. The Hall–Kier alpha value is -1.99. The standard InChI is InChI=1S/C15H16BrN5O/c1-22-7-6-21-10-20-13-14(18-9-19-15(13)21)17-8-11-2-4-12(16)5-3-11/h2-5,9-10H,6-8H2,1H3,(H,17,18,19). The lowest BCUT2D eigenvalue weighted by atomic mass is 10.2. The summed E-state index contributed by atoms with van der Waals surface area (Å²) in [6.45, 7) is 2.03. The zero-order valence-electron chi connectivity index (χ0n) is 12.2. The lowest BCUT2D eigenvalue weighted by molar-refractivity contribution is 0.188. The normalized spacial score (nSPS) is 11.0. The fourth-order valence-corrected chi connectivity index (χ4v) is 2.42. The molecule has 2 aromatic heterocycles. The van der Waals surface area contributed by atoms with Crippen LogP contribution in [0.4, 0.5) is 5.82 Å². The highest BCUT2D eigenvalue weighted by atomic mass is 79.9. The Balaban J connectivity index is 1.78. The van der Waals surface area contributed by atoms with Gasteiger partial charge in [-0.05, 0) is 17.7 Å². The van der Waals surface area contributed by atoms with Gasteiger partial charge in [0.05, 0.1) is 12.9 Å². The van der Waals surface area contributed by atoms with Crippen molar-refractivity contribution in [3.63, 3.8) is 0 Å². The van der Waals surface area contributed by atoms with E-state index >= 15 is 0 Å². The van der Waals surface area contributed by atoms with Gasteiger partial charge >= 0.3 is 0 Å². The predicted molar refractivity (Wildman–Crippen MR) is 88.7 cm³/mol. The number of imidazole rings is 1. The average molecular weight is 362 g/mol. The molecule has 1 aromatic carbocycles. The van der Waals surface area contributed by atoms with Gasteiger partial charge < -0.3 is 14.6 Å². The second-order valence-electron chi connectivity index (χ2n) is 4.81.